The molecule has 0 atom stereocenters. The summed E-state index contributed by atoms with van der Waals surface area (Å²) >= 11 is 0. The molecular formula is C18H21N5O2. The number of nitrogens with zero attached hydrogens (tertiary/aromatic N) is 4. The van der Waals surface area contributed by atoms with E-state index in [1.807, 2.05) is 12.1 Å². The lowest BCUT2D eigenvalue weighted by molar-refractivity contribution is 0.102. The van der Waals surface area contributed by atoms with Crippen LogP contribution in [0.2, 0.25) is 0 Å². The number of anilines is 1. The maximum absolute atomic E-state index is 12.1. The Morgan fingerprint density at radius 3 is 2.52 bits per heavy atom. The first-order valence-corrected chi connectivity index (χ1v) is 8.08. The zero-order valence-corrected chi connectivity index (χ0v) is 14.5. The summed E-state index contributed by atoms with van der Waals surface area (Å²) in [6.45, 7) is 4.53. The average Bonchev–Trinajstić information content (AvgIpc) is 3.22. The minimum atomic E-state index is -0.307. The number of nitrogens with one attached hydrogen (secondary N) is 1. The Balaban J connectivity index is 1.56. The highest BCUT2D eigenvalue weighted by Crippen LogP contribution is 2.18. The van der Waals surface area contributed by atoms with E-state index in [1.54, 1.807) is 40.9 Å². The van der Waals surface area contributed by atoms with Gasteiger partial charge in [-0.1, -0.05) is 26.0 Å². The quantitative estimate of drug-likeness (QED) is 0.749. The minimum absolute atomic E-state index is 0.234. The van der Waals surface area contributed by atoms with Gasteiger partial charge in [0, 0.05) is 25.5 Å². The molecule has 2 heterocycles. The lowest BCUT2D eigenvalue weighted by Crippen LogP contribution is -2.14. The van der Waals surface area contributed by atoms with Crippen LogP contribution in [0.5, 0.6) is 5.75 Å². The summed E-state index contributed by atoms with van der Waals surface area (Å²) < 4.78 is 8.89. The first-order valence-electron chi connectivity index (χ1n) is 8.08. The fourth-order valence-electron chi connectivity index (χ4n) is 2.31. The molecule has 0 radical (unpaired) electrons. The predicted molar refractivity (Wildman–Crippen MR) is 94.5 cm³/mol. The van der Waals surface area contributed by atoms with E-state index in [1.165, 1.54) is 5.56 Å². The highest BCUT2D eigenvalue weighted by Gasteiger charge is 2.11. The van der Waals surface area contributed by atoms with Crippen LogP contribution in [0.4, 0.5) is 5.82 Å². The van der Waals surface area contributed by atoms with E-state index in [9.17, 15) is 4.79 Å². The number of rotatable bonds is 6. The standard InChI is InChI=1S/C18H21N5O2/c1-13(2)14-4-6-15(7-5-14)25-12-23-11-8-16(20-23)18(24)19-17-9-10-22(3)21-17/h4-11,13H,12H2,1-3H3,(H,19,21,24). The predicted octanol–water partition coefficient (Wildman–Crippen LogP) is 3.03. The van der Waals surface area contributed by atoms with E-state index < -0.39 is 0 Å². The molecule has 7 heteroatoms. The van der Waals surface area contributed by atoms with Gasteiger partial charge in [-0.05, 0) is 29.7 Å². The molecule has 0 aliphatic heterocycles. The van der Waals surface area contributed by atoms with Gasteiger partial charge in [-0.3, -0.25) is 9.48 Å². The van der Waals surface area contributed by atoms with Gasteiger partial charge in [0.15, 0.2) is 18.2 Å². The molecule has 1 N–H and O–H groups in total. The van der Waals surface area contributed by atoms with E-state index in [4.69, 9.17) is 4.74 Å². The number of aryl methyl sites for hydroxylation is 1. The first-order chi connectivity index (χ1) is 12.0. The van der Waals surface area contributed by atoms with Crippen LogP contribution in [0.3, 0.4) is 0 Å². The highest BCUT2D eigenvalue weighted by molar-refractivity contribution is 6.02. The van der Waals surface area contributed by atoms with Crippen LogP contribution in [-0.4, -0.2) is 25.5 Å². The van der Waals surface area contributed by atoms with Gasteiger partial charge in [-0.2, -0.15) is 10.2 Å². The molecule has 3 rings (SSSR count). The van der Waals surface area contributed by atoms with Crippen molar-refractivity contribution in [3.8, 4) is 5.75 Å². The zero-order valence-electron chi connectivity index (χ0n) is 14.5. The molecule has 1 amide bonds. The average molecular weight is 339 g/mol. The van der Waals surface area contributed by atoms with Gasteiger partial charge in [-0.25, -0.2) is 4.68 Å². The summed E-state index contributed by atoms with van der Waals surface area (Å²) in [4.78, 5) is 12.1. The number of hydrogen-bond acceptors (Lipinski definition) is 4. The van der Waals surface area contributed by atoms with E-state index >= 15 is 0 Å². The summed E-state index contributed by atoms with van der Waals surface area (Å²) in [5, 5.41) is 11.0. The normalized spacial score (nSPS) is 10.9. The Bertz CT molecular complexity index is 848. The molecule has 1 aromatic carbocycles. The molecule has 0 saturated heterocycles. The van der Waals surface area contributed by atoms with Crippen molar-refractivity contribution in [3.63, 3.8) is 0 Å². The molecular weight excluding hydrogens is 318 g/mol. The van der Waals surface area contributed by atoms with E-state index in [2.05, 4.69) is 41.5 Å². The van der Waals surface area contributed by atoms with Crippen molar-refractivity contribution in [2.24, 2.45) is 7.05 Å². The van der Waals surface area contributed by atoms with Gasteiger partial charge in [0.05, 0.1) is 0 Å². The molecule has 7 nitrogen and oxygen atoms in total. The number of carbonyl (C=O) groups excluding carboxylic acids is 1. The molecule has 3 aromatic rings. The Hall–Kier alpha value is -3.09. The van der Waals surface area contributed by atoms with E-state index in [0.717, 1.165) is 5.75 Å². The van der Waals surface area contributed by atoms with Crippen molar-refractivity contribution in [1.29, 1.82) is 0 Å². The summed E-state index contributed by atoms with van der Waals surface area (Å²) in [6.07, 6.45) is 3.46. The fraction of sp³-hybridized carbons (Fsp3) is 0.278. The highest BCUT2D eigenvalue weighted by atomic mass is 16.5. The van der Waals surface area contributed by atoms with Crippen molar-refractivity contribution in [3.05, 3.63) is 60.0 Å². The van der Waals surface area contributed by atoms with Crippen LogP contribution in [-0.2, 0) is 13.8 Å². The molecule has 0 unspecified atom stereocenters. The van der Waals surface area contributed by atoms with Gasteiger partial charge in [0.25, 0.3) is 5.91 Å². The molecule has 0 aliphatic rings. The Morgan fingerprint density at radius 1 is 1.12 bits per heavy atom. The van der Waals surface area contributed by atoms with Crippen LogP contribution in [0.25, 0.3) is 0 Å². The molecule has 130 valence electrons. The summed E-state index contributed by atoms with van der Waals surface area (Å²) in [5.74, 6) is 1.43. The van der Waals surface area contributed by atoms with Crippen molar-refractivity contribution < 1.29 is 9.53 Å². The number of carbonyl (C=O) groups is 1. The lowest BCUT2D eigenvalue weighted by Gasteiger charge is -2.09. The summed E-state index contributed by atoms with van der Waals surface area (Å²) in [6, 6.07) is 11.3. The number of amides is 1. The summed E-state index contributed by atoms with van der Waals surface area (Å²) in [7, 11) is 1.79. The largest absolute Gasteiger partial charge is 0.471 e. The Morgan fingerprint density at radius 2 is 1.88 bits per heavy atom. The maximum atomic E-state index is 12.1. The molecule has 0 fully saturated rings. The van der Waals surface area contributed by atoms with Crippen molar-refractivity contribution in [2.45, 2.75) is 26.5 Å². The summed E-state index contributed by atoms with van der Waals surface area (Å²) in [5.41, 5.74) is 1.57. The van der Waals surface area contributed by atoms with Gasteiger partial charge in [0.1, 0.15) is 5.75 Å². The second-order valence-electron chi connectivity index (χ2n) is 6.07. The SMILES string of the molecule is CC(C)c1ccc(OCn2ccc(C(=O)Nc3ccn(C)n3)n2)cc1. The third kappa shape index (κ3) is 4.26. The van der Waals surface area contributed by atoms with Gasteiger partial charge >= 0.3 is 0 Å². The number of aromatic nitrogens is 4. The van der Waals surface area contributed by atoms with Crippen molar-refractivity contribution >= 4 is 11.7 Å². The smallest absolute Gasteiger partial charge is 0.277 e. The number of hydrogen-bond donors (Lipinski definition) is 1. The monoisotopic (exact) mass is 339 g/mol. The van der Waals surface area contributed by atoms with Crippen LogP contribution in [0, 0.1) is 0 Å². The van der Waals surface area contributed by atoms with Gasteiger partial charge in [0.2, 0.25) is 0 Å². The van der Waals surface area contributed by atoms with Gasteiger partial charge in [-0.15, -0.1) is 0 Å². The lowest BCUT2D eigenvalue weighted by atomic mass is 10.0. The van der Waals surface area contributed by atoms with Gasteiger partial charge < -0.3 is 10.1 Å². The fourth-order valence-corrected chi connectivity index (χ4v) is 2.31. The first kappa shape index (κ1) is 16.8. The third-order valence-corrected chi connectivity index (χ3v) is 3.74. The Kier molecular flexibility index (Phi) is 4.83. The molecule has 0 bridgehead atoms. The topological polar surface area (TPSA) is 74.0 Å². The number of benzene rings is 1. The van der Waals surface area contributed by atoms with Crippen molar-refractivity contribution in [2.75, 3.05) is 5.32 Å². The van der Waals surface area contributed by atoms with E-state index in [0.29, 0.717) is 17.4 Å². The zero-order chi connectivity index (χ0) is 17.8. The van der Waals surface area contributed by atoms with E-state index in [-0.39, 0.29) is 12.6 Å². The second kappa shape index (κ2) is 7.21. The molecule has 2 aromatic heterocycles. The van der Waals surface area contributed by atoms with Crippen LogP contribution < -0.4 is 10.1 Å². The molecule has 0 spiro atoms. The second-order valence-corrected chi connectivity index (χ2v) is 6.07. The molecule has 0 aliphatic carbocycles. The van der Waals surface area contributed by atoms with Crippen LogP contribution >= 0.6 is 0 Å². The van der Waals surface area contributed by atoms with Crippen LogP contribution in [0.1, 0.15) is 35.8 Å². The molecule has 0 saturated carbocycles. The van der Waals surface area contributed by atoms with Crippen molar-refractivity contribution in [1.82, 2.24) is 19.6 Å². The molecule has 25 heavy (non-hydrogen) atoms. The van der Waals surface area contributed by atoms with Crippen LogP contribution in [0.15, 0.2) is 48.8 Å². The minimum Gasteiger partial charge on any atom is -0.471 e. The maximum Gasteiger partial charge on any atom is 0.277 e. The Labute approximate surface area is 146 Å². The number of ether oxygens (including phenoxy) is 1. The third-order valence-electron chi connectivity index (χ3n) is 3.74.